The zero-order chi connectivity index (χ0) is 13.2. The highest BCUT2D eigenvalue weighted by Gasteiger charge is 2.14. The third-order valence-corrected chi connectivity index (χ3v) is 3.02. The summed E-state index contributed by atoms with van der Waals surface area (Å²) in [7, 11) is 0. The Kier molecular flexibility index (Phi) is 7.17. The molecule has 1 rings (SSSR count). The molecule has 0 heterocycles. The fourth-order valence-electron chi connectivity index (χ4n) is 2.14. The van der Waals surface area contributed by atoms with Crippen LogP contribution in [0.2, 0.25) is 0 Å². The predicted octanol–water partition coefficient (Wildman–Crippen LogP) is 4.63. The summed E-state index contributed by atoms with van der Waals surface area (Å²) in [4.78, 5) is 0. The lowest BCUT2D eigenvalue weighted by Gasteiger charge is -2.20. The quantitative estimate of drug-likeness (QED) is 0.688. The van der Waals surface area contributed by atoms with Gasteiger partial charge in [-0.2, -0.15) is 0 Å². The van der Waals surface area contributed by atoms with Gasteiger partial charge in [-0.15, -0.1) is 5.73 Å². The van der Waals surface area contributed by atoms with Crippen LogP contribution in [0.5, 0.6) is 0 Å². The van der Waals surface area contributed by atoms with Crippen LogP contribution in [0, 0.1) is 0 Å². The Morgan fingerprint density at radius 1 is 1.28 bits per heavy atom. The molecule has 0 aliphatic carbocycles. The van der Waals surface area contributed by atoms with E-state index < -0.39 is 0 Å². The first-order chi connectivity index (χ1) is 8.83. The Hall–Kier alpha value is -1.30. The van der Waals surface area contributed by atoms with Crippen molar-refractivity contribution in [3.05, 3.63) is 53.3 Å². The number of benzene rings is 1. The SMILES string of the molecule is CC=C=C(CCCC)C(NCC)c1ccccc1. The zero-order valence-corrected chi connectivity index (χ0v) is 11.9. The van der Waals surface area contributed by atoms with E-state index in [1.54, 1.807) is 0 Å². The normalized spacial score (nSPS) is 11.7. The predicted molar refractivity (Wildman–Crippen MR) is 79.7 cm³/mol. The fourth-order valence-corrected chi connectivity index (χ4v) is 2.14. The molecule has 1 aromatic rings. The number of unbranched alkanes of at least 4 members (excludes halogenated alkanes) is 1. The number of hydrogen-bond donors (Lipinski definition) is 1. The lowest BCUT2D eigenvalue weighted by molar-refractivity contribution is 0.589. The monoisotopic (exact) mass is 243 g/mol. The fraction of sp³-hybridized carbons (Fsp3) is 0.471. The first-order valence-corrected chi connectivity index (χ1v) is 7.01. The average Bonchev–Trinajstić information content (AvgIpc) is 2.42. The number of rotatable bonds is 7. The van der Waals surface area contributed by atoms with Crippen LogP contribution in [-0.4, -0.2) is 6.54 Å². The summed E-state index contributed by atoms with van der Waals surface area (Å²) in [6.07, 6.45) is 5.60. The third-order valence-electron chi connectivity index (χ3n) is 3.02. The van der Waals surface area contributed by atoms with E-state index in [9.17, 15) is 0 Å². The molecule has 0 amide bonds. The van der Waals surface area contributed by atoms with Crippen LogP contribution in [0.15, 0.2) is 47.7 Å². The van der Waals surface area contributed by atoms with Crippen molar-refractivity contribution in [1.82, 2.24) is 5.32 Å². The Bertz CT molecular complexity index is 385. The molecule has 0 aliphatic rings. The van der Waals surface area contributed by atoms with Crippen LogP contribution in [0.3, 0.4) is 0 Å². The van der Waals surface area contributed by atoms with Gasteiger partial charge in [0.15, 0.2) is 0 Å². The van der Waals surface area contributed by atoms with Crippen LogP contribution in [0.4, 0.5) is 0 Å². The molecule has 1 aromatic carbocycles. The van der Waals surface area contributed by atoms with Gasteiger partial charge in [-0.05, 0) is 43.5 Å². The van der Waals surface area contributed by atoms with E-state index in [0.717, 1.165) is 13.0 Å². The number of nitrogens with one attached hydrogen (secondary N) is 1. The van der Waals surface area contributed by atoms with Gasteiger partial charge in [0.2, 0.25) is 0 Å². The molecular formula is C17H25N. The van der Waals surface area contributed by atoms with Crippen molar-refractivity contribution in [2.45, 2.75) is 46.1 Å². The van der Waals surface area contributed by atoms with Gasteiger partial charge in [-0.25, -0.2) is 0 Å². The molecule has 0 fully saturated rings. The third kappa shape index (κ3) is 4.52. The van der Waals surface area contributed by atoms with Gasteiger partial charge in [0, 0.05) is 0 Å². The summed E-state index contributed by atoms with van der Waals surface area (Å²) in [6, 6.07) is 11.0. The smallest absolute Gasteiger partial charge is 0.0611 e. The molecule has 0 aromatic heterocycles. The molecule has 98 valence electrons. The second-order valence-electron chi connectivity index (χ2n) is 4.46. The molecule has 1 nitrogen and oxygen atoms in total. The number of hydrogen-bond acceptors (Lipinski definition) is 1. The maximum atomic E-state index is 3.57. The minimum Gasteiger partial charge on any atom is -0.306 e. The van der Waals surface area contributed by atoms with Crippen molar-refractivity contribution in [1.29, 1.82) is 0 Å². The second-order valence-corrected chi connectivity index (χ2v) is 4.46. The average molecular weight is 243 g/mol. The van der Waals surface area contributed by atoms with Gasteiger partial charge in [0.05, 0.1) is 6.04 Å². The summed E-state index contributed by atoms with van der Waals surface area (Å²) in [5.74, 6) is 0. The summed E-state index contributed by atoms with van der Waals surface area (Å²) < 4.78 is 0. The molecule has 0 aliphatic heterocycles. The first kappa shape index (κ1) is 14.8. The van der Waals surface area contributed by atoms with Crippen LogP contribution in [0.1, 0.15) is 51.6 Å². The standard InChI is InChI=1S/C17H25N/c1-4-7-12-15(11-5-2)17(18-6-3)16-13-9-8-10-14-16/h5,8-10,13-14,17-18H,4,6-7,12H2,1-3H3. The van der Waals surface area contributed by atoms with E-state index >= 15 is 0 Å². The molecule has 18 heavy (non-hydrogen) atoms. The van der Waals surface area contributed by atoms with Crippen LogP contribution in [0.25, 0.3) is 0 Å². The van der Waals surface area contributed by atoms with E-state index in [0.29, 0.717) is 6.04 Å². The molecule has 0 bridgehead atoms. The van der Waals surface area contributed by atoms with E-state index in [1.807, 2.05) is 13.0 Å². The van der Waals surface area contributed by atoms with Crippen molar-refractivity contribution in [2.75, 3.05) is 6.54 Å². The van der Waals surface area contributed by atoms with Crippen LogP contribution >= 0.6 is 0 Å². The van der Waals surface area contributed by atoms with Gasteiger partial charge >= 0.3 is 0 Å². The van der Waals surface area contributed by atoms with E-state index in [-0.39, 0.29) is 0 Å². The maximum absolute atomic E-state index is 3.57. The Labute approximate surface area is 112 Å². The molecule has 1 atom stereocenters. The Morgan fingerprint density at radius 2 is 2.00 bits per heavy atom. The summed E-state index contributed by atoms with van der Waals surface area (Å²) >= 11 is 0. The summed E-state index contributed by atoms with van der Waals surface area (Å²) in [6.45, 7) is 7.40. The first-order valence-electron chi connectivity index (χ1n) is 7.01. The molecule has 0 radical (unpaired) electrons. The highest BCUT2D eigenvalue weighted by atomic mass is 14.9. The van der Waals surface area contributed by atoms with Gasteiger partial charge in [-0.1, -0.05) is 50.6 Å². The summed E-state index contributed by atoms with van der Waals surface area (Å²) in [5.41, 5.74) is 6.13. The highest BCUT2D eigenvalue weighted by molar-refractivity contribution is 5.28. The zero-order valence-electron chi connectivity index (χ0n) is 11.9. The van der Waals surface area contributed by atoms with Crippen molar-refractivity contribution in [3.8, 4) is 0 Å². The van der Waals surface area contributed by atoms with Gasteiger partial charge in [0.1, 0.15) is 0 Å². The highest BCUT2D eigenvalue weighted by Crippen LogP contribution is 2.24. The minimum absolute atomic E-state index is 0.305. The largest absolute Gasteiger partial charge is 0.306 e. The maximum Gasteiger partial charge on any atom is 0.0611 e. The molecule has 0 saturated heterocycles. The lowest BCUT2D eigenvalue weighted by Crippen LogP contribution is -2.22. The molecule has 0 saturated carbocycles. The Balaban J connectivity index is 2.98. The molecule has 1 N–H and O–H groups in total. The van der Waals surface area contributed by atoms with Gasteiger partial charge in [-0.3, -0.25) is 0 Å². The van der Waals surface area contributed by atoms with Crippen molar-refractivity contribution in [2.24, 2.45) is 0 Å². The van der Waals surface area contributed by atoms with E-state index in [4.69, 9.17) is 0 Å². The van der Waals surface area contributed by atoms with Crippen LogP contribution in [-0.2, 0) is 0 Å². The van der Waals surface area contributed by atoms with Crippen molar-refractivity contribution >= 4 is 0 Å². The molecule has 1 heteroatoms. The van der Waals surface area contributed by atoms with Gasteiger partial charge < -0.3 is 5.32 Å². The van der Waals surface area contributed by atoms with Crippen LogP contribution < -0.4 is 5.32 Å². The topological polar surface area (TPSA) is 12.0 Å². The second kappa shape index (κ2) is 8.74. The Morgan fingerprint density at radius 3 is 2.56 bits per heavy atom. The van der Waals surface area contributed by atoms with Crippen molar-refractivity contribution < 1.29 is 0 Å². The van der Waals surface area contributed by atoms with Crippen molar-refractivity contribution in [3.63, 3.8) is 0 Å². The van der Waals surface area contributed by atoms with E-state index in [1.165, 1.54) is 24.0 Å². The minimum atomic E-state index is 0.305. The number of likely N-dealkylation sites (N-methyl/N-ethyl adjacent to an activating group) is 1. The summed E-state index contributed by atoms with van der Waals surface area (Å²) in [5, 5.41) is 3.57. The van der Waals surface area contributed by atoms with E-state index in [2.05, 4.69) is 55.2 Å². The molecular weight excluding hydrogens is 218 g/mol. The lowest BCUT2D eigenvalue weighted by atomic mass is 9.95. The molecule has 0 spiro atoms. The van der Waals surface area contributed by atoms with Gasteiger partial charge in [0.25, 0.3) is 0 Å². The molecule has 1 unspecified atom stereocenters.